The molecule has 4 amide bonds. The van der Waals surface area contributed by atoms with Crippen LogP contribution in [0, 0.1) is 40.9 Å². The minimum Gasteiger partial charge on any atom is -0.497 e. The summed E-state index contributed by atoms with van der Waals surface area (Å²) in [5, 5.41) is 16.2. The smallest absolute Gasteiger partial charge is 0.408 e. The maximum absolute atomic E-state index is 13.8. The fourth-order valence-corrected chi connectivity index (χ4v) is 7.29. The van der Waals surface area contributed by atoms with E-state index < -0.39 is 41.3 Å². The van der Waals surface area contributed by atoms with Gasteiger partial charge in [-0.3, -0.25) is 19.3 Å². The third-order valence-corrected chi connectivity index (χ3v) is 9.63. The maximum Gasteiger partial charge on any atom is 0.408 e. The van der Waals surface area contributed by atoms with Crippen LogP contribution in [0.15, 0.2) is 54.6 Å². The fourth-order valence-electron chi connectivity index (χ4n) is 7.29. The van der Waals surface area contributed by atoms with E-state index in [1.807, 2.05) is 42.5 Å². The highest BCUT2D eigenvalue weighted by Gasteiger charge is 2.66. The van der Waals surface area contributed by atoms with E-state index in [1.54, 1.807) is 19.2 Å². The number of amides is 4. The average Bonchev–Trinajstić information content (AvgIpc) is 3.82. The summed E-state index contributed by atoms with van der Waals surface area (Å²) in [5.74, 6) is -1.79. The number of methoxy groups -OCH3 is 1. The zero-order valence-electron chi connectivity index (χ0n) is 24.2. The molecule has 0 aromatic heterocycles. The number of imide groups is 1. The Labute approximate surface area is 250 Å². The quantitative estimate of drug-likeness (QED) is 0.406. The topological polar surface area (TPSA) is 138 Å². The molecular weight excluding hydrogens is 548 g/mol. The van der Waals surface area contributed by atoms with Crippen LogP contribution in [0.5, 0.6) is 5.75 Å². The number of hydrogen-bond donors (Lipinski definition) is 2. The van der Waals surface area contributed by atoms with Crippen molar-refractivity contribution in [1.82, 2.24) is 15.5 Å². The van der Waals surface area contributed by atoms with Crippen molar-refractivity contribution in [3.8, 4) is 11.8 Å². The van der Waals surface area contributed by atoms with Gasteiger partial charge < -0.3 is 20.1 Å². The van der Waals surface area contributed by atoms with E-state index >= 15 is 0 Å². The van der Waals surface area contributed by atoms with E-state index in [1.165, 1.54) is 4.90 Å². The van der Waals surface area contributed by atoms with Crippen LogP contribution in [0.3, 0.4) is 0 Å². The first kappa shape index (κ1) is 28.7. The van der Waals surface area contributed by atoms with Gasteiger partial charge in [0, 0.05) is 5.92 Å². The molecule has 2 aromatic carbocycles. The first-order valence-electron chi connectivity index (χ1n) is 15.0. The van der Waals surface area contributed by atoms with E-state index in [0.29, 0.717) is 30.9 Å². The van der Waals surface area contributed by atoms with Crippen molar-refractivity contribution >= 4 is 23.8 Å². The monoisotopic (exact) mass is 584 g/mol. The summed E-state index contributed by atoms with van der Waals surface area (Å²) in [6, 6.07) is 18.0. The molecule has 5 fully saturated rings. The van der Waals surface area contributed by atoms with Crippen molar-refractivity contribution in [3.05, 3.63) is 65.7 Å². The molecule has 1 unspecified atom stereocenters. The van der Waals surface area contributed by atoms with Crippen LogP contribution in [-0.2, 0) is 32.3 Å². The summed E-state index contributed by atoms with van der Waals surface area (Å²) in [5.41, 5.74) is 0.334. The molecule has 0 spiro atoms. The van der Waals surface area contributed by atoms with Gasteiger partial charge in [-0.05, 0) is 60.8 Å². The zero-order chi connectivity index (χ0) is 30.1. The second-order valence-corrected chi connectivity index (χ2v) is 12.3. The molecule has 2 N–H and O–H groups in total. The number of alkyl carbamates (subject to hydrolysis) is 1. The second kappa shape index (κ2) is 11.7. The molecule has 1 heterocycles. The minimum atomic E-state index is -1.30. The van der Waals surface area contributed by atoms with Crippen molar-refractivity contribution in [3.63, 3.8) is 0 Å². The summed E-state index contributed by atoms with van der Waals surface area (Å²) >= 11 is 0. The van der Waals surface area contributed by atoms with Crippen molar-refractivity contribution in [2.24, 2.45) is 29.6 Å². The van der Waals surface area contributed by atoms with Gasteiger partial charge in [-0.2, -0.15) is 5.26 Å². The van der Waals surface area contributed by atoms with Crippen LogP contribution in [0.1, 0.15) is 49.7 Å². The van der Waals surface area contributed by atoms with E-state index in [-0.39, 0.29) is 30.9 Å². The summed E-state index contributed by atoms with van der Waals surface area (Å²) in [6.45, 7) is 0.223. The lowest BCUT2D eigenvalue weighted by molar-refractivity contribution is -0.141. The Morgan fingerprint density at radius 1 is 1.00 bits per heavy atom. The predicted molar refractivity (Wildman–Crippen MR) is 154 cm³/mol. The van der Waals surface area contributed by atoms with Crippen LogP contribution in [0.2, 0.25) is 0 Å². The largest absolute Gasteiger partial charge is 0.497 e. The first-order chi connectivity index (χ1) is 20.8. The summed E-state index contributed by atoms with van der Waals surface area (Å²) in [4.78, 5) is 55.0. The number of likely N-dealkylation sites (tertiary alicyclic amines) is 1. The Balaban J connectivity index is 1.16. The number of carbonyl (C=O) groups is 4. The standard InChI is InChI=1S/C33H36N4O6/c1-42-24-12-9-21(10-13-24)17-37-30(39)27-23-11-14-25(28(27)31(37)40)33(16-23,19-34)36-29(38)26(15-20-7-8-20)35-32(41)43-18-22-5-3-2-4-6-22/h2-6,9-10,12-13,20,23,25-28H,7-8,11,14-18H2,1H3,(H,35,41)(H,36,38)/t23-,25-,26+,27+,28-,33?/m1/s1. The Kier molecular flexibility index (Phi) is 7.82. The number of nitriles is 1. The molecule has 2 aromatic rings. The lowest BCUT2D eigenvalue weighted by Crippen LogP contribution is -2.66. The number of rotatable bonds is 10. The highest BCUT2D eigenvalue weighted by molar-refractivity contribution is 6.06. The highest BCUT2D eigenvalue weighted by Crippen LogP contribution is 2.57. The molecule has 10 nitrogen and oxygen atoms in total. The molecule has 7 rings (SSSR count). The highest BCUT2D eigenvalue weighted by atomic mass is 16.5. The SMILES string of the molecule is COc1ccc(CN2C(=O)[C@H]3[C@@H]4CC[C@H]([C@H]3C2=O)C(C#N)(NC(=O)[C@H](CC2CC2)NC(=O)OCc2ccccc2)C4)cc1. The molecule has 10 heteroatoms. The Morgan fingerprint density at radius 2 is 1.72 bits per heavy atom. The molecule has 5 aliphatic rings. The molecular formula is C33H36N4O6. The summed E-state index contributed by atoms with van der Waals surface area (Å²) in [6.07, 6.45) is 3.27. The Hall–Kier alpha value is -4.39. The van der Waals surface area contributed by atoms with Gasteiger partial charge in [-0.1, -0.05) is 55.3 Å². The molecule has 2 bridgehead atoms. The molecule has 0 radical (unpaired) electrons. The molecule has 4 saturated carbocycles. The molecule has 1 saturated heterocycles. The van der Waals surface area contributed by atoms with Gasteiger partial charge in [-0.15, -0.1) is 0 Å². The predicted octanol–water partition coefficient (Wildman–Crippen LogP) is 3.70. The van der Waals surface area contributed by atoms with Gasteiger partial charge in [0.2, 0.25) is 17.7 Å². The van der Waals surface area contributed by atoms with Crippen LogP contribution in [-0.4, -0.2) is 47.4 Å². The van der Waals surface area contributed by atoms with Gasteiger partial charge in [0.25, 0.3) is 0 Å². The average molecular weight is 585 g/mol. The van der Waals surface area contributed by atoms with Crippen molar-refractivity contribution < 1.29 is 28.7 Å². The van der Waals surface area contributed by atoms with Gasteiger partial charge >= 0.3 is 6.09 Å². The summed E-state index contributed by atoms with van der Waals surface area (Å²) in [7, 11) is 1.57. The van der Waals surface area contributed by atoms with E-state index in [4.69, 9.17) is 9.47 Å². The third-order valence-electron chi connectivity index (χ3n) is 9.63. The van der Waals surface area contributed by atoms with Gasteiger partial charge in [0.05, 0.1) is 31.6 Å². The van der Waals surface area contributed by atoms with Crippen molar-refractivity contribution in [2.75, 3.05) is 7.11 Å². The molecule has 6 atom stereocenters. The number of ether oxygens (including phenoxy) is 2. The van der Waals surface area contributed by atoms with Crippen molar-refractivity contribution in [2.45, 2.75) is 63.3 Å². The number of nitrogens with one attached hydrogen (secondary N) is 2. The number of nitrogens with zero attached hydrogens (tertiary/aromatic N) is 2. The van der Waals surface area contributed by atoms with Crippen LogP contribution >= 0.6 is 0 Å². The Morgan fingerprint density at radius 3 is 2.40 bits per heavy atom. The molecule has 224 valence electrons. The number of carbonyl (C=O) groups excluding carboxylic acids is 4. The maximum atomic E-state index is 13.8. The summed E-state index contributed by atoms with van der Waals surface area (Å²) < 4.78 is 10.6. The Bertz CT molecular complexity index is 1440. The second-order valence-electron chi connectivity index (χ2n) is 12.3. The minimum absolute atomic E-state index is 0.0720. The number of benzene rings is 2. The number of hydrogen-bond acceptors (Lipinski definition) is 7. The van der Waals surface area contributed by atoms with E-state index in [0.717, 1.165) is 30.4 Å². The normalized spacial score (nSPS) is 28.0. The van der Waals surface area contributed by atoms with Crippen LogP contribution in [0.25, 0.3) is 0 Å². The zero-order valence-corrected chi connectivity index (χ0v) is 24.2. The lowest BCUT2D eigenvalue weighted by Gasteiger charge is -2.52. The first-order valence-corrected chi connectivity index (χ1v) is 15.0. The molecule has 4 aliphatic carbocycles. The van der Waals surface area contributed by atoms with Gasteiger partial charge in [0.15, 0.2) is 0 Å². The molecule has 1 aliphatic heterocycles. The third kappa shape index (κ3) is 5.68. The van der Waals surface area contributed by atoms with Crippen molar-refractivity contribution in [1.29, 1.82) is 5.26 Å². The fraction of sp³-hybridized carbons (Fsp3) is 0.485. The van der Waals surface area contributed by atoms with Gasteiger partial charge in [-0.25, -0.2) is 4.79 Å². The molecule has 43 heavy (non-hydrogen) atoms. The van der Waals surface area contributed by atoms with Crippen LogP contribution < -0.4 is 15.4 Å². The van der Waals surface area contributed by atoms with Crippen LogP contribution in [0.4, 0.5) is 4.79 Å². The lowest BCUT2D eigenvalue weighted by atomic mass is 9.52. The van der Waals surface area contributed by atoms with E-state index in [9.17, 15) is 24.4 Å². The van der Waals surface area contributed by atoms with E-state index in [2.05, 4.69) is 16.7 Å². The van der Waals surface area contributed by atoms with Gasteiger partial charge in [0.1, 0.15) is 23.9 Å². The number of fused-ring (bicyclic) bond motifs is 2.